The Hall–Kier alpha value is -0.410. The van der Waals surface area contributed by atoms with Crippen molar-refractivity contribution in [2.75, 3.05) is 0 Å². The van der Waals surface area contributed by atoms with Crippen molar-refractivity contribution in [1.29, 1.82) is 0 Å². The molecule has 1 unspecified atom stereocenters. The van der Waals surface area contributed by atoms with Gasteiger partial charge in [-0.25, -0.2) is 4.98 Å². The van der Waals surface area contributed by atoms with Crippen LogP contribution in [0.4, 0.5) is 0 Å². The second kappa shape index (κ2) is 4.46. The van der Waals surface area contributed by atoms with Crippen LogP contribution in [-0.4, -0.2) is 11.0 Å². The van der Waals surface area contributed by atoms with Crippen LogP contribution in [0.25, 0.3) is 0 Å². The third kappa shape index (κ3) is 2.16. The van der Waals surface area contributed by atoms with E-state index in [0.29, 0.717) is 5.92 Å². The molecule has 0 amide bonds. The lowest BCUT2D eigenvalue weighted by molar-refractivity contribution is 0.224. The second-order valence-corrected chi connectivity index (χ2v) is 6.05. The number of nitrogens with one attached hydrogen (secondary N) is 1. The van der Waals surface area contributed by atoms with Crippen molar-refractivity contribution in [3.8, 4) is 0 Å². The molecule has 0 aromatic carbocycles. The summed E-state index contributed by atoms with van der Waals surface area (Å²) in [6.07, 6.45) is 3.78. The molecule has 1 aliphatic carbocycles. The van der Waals surface area contributed by atoms with Crippen LogP contribution >= 0.6 is 11.3 Å². The van der Waals surface area contributed by atoms with Crippen LogP contribution in [0.3, 0.4) is 0 Å². The van der Waals surface area contributed by atoms with E-state index in [0.717, 1.165) is 18.2 Å². The quantitative estimate of drug-likeness (QED) is 0.849. The summed E-state index contributed by atoms with van der Waals surface area (Å²) in [5.41, 5.74) is 1.25. The van der Waals surface area contributed by atoms with Gasteiger partial charge in [-0.05, 0) is 32.1 Å². The van der Waals surface area contributed by atoms with Crippen molar-refractivity contribution in [2.24, 2.45) is 5.92 Å². The van der Waals surface area contributed by atoms with E-state index in [9.17, 15) is 0 Å². The van der Waals surface area contributed by atoms with Crippen molar-refractivity contribution in [3.05, 3.63) is 16.1 Å². The molecule has 90 valence electrons. The Morgan fingerprint density at radius 2 is 2.25 bits per heavy atom. The maximum absolute atomic E-state index is 4.71. The van der Waals surface area contributed by atoms with Crippen LogP contribution in [0.5, 0.6) is 0 Å². The highest BCUT2D eigenvalue weighted by molar-refractivity contribution is 7.09. The Balaban J connectivity index is 2.30. The van der Waals surface area contributed by atoms with Gasteiger partial charge in [0, 0.05) is 17.1 Å². The molecule has 1 heterocycles. The fourth-order valence-corrected chi connectivity index (χ4v) is 3.47. The van der Waals surface area contributed by atoms with Crippen LogP contribution in [0.2, 0.25) is 0 Å². The molecular formula is C13H22N2S. The summed E-state index contributed by atoms with van der Waals surface area (Å²) in [5.74, 6) is 0.587. The van der Waals surface area contributed by atoms with E-state index in [1.165, 1.54) is 17.8 Å². The van der Waals surface area contributed by atoms with Gasteiger partial charge in [-0.1, -0.05) is 20.8 Å². The van der Waals surface area contributed by atoms with Gasteiger partial charge in [-0.15, -0.1) is 11.3 Å². The van der Waals surface area contributed by atoms with E-state index in [2.05, 4.69) is 38.4 Å². The summed E-state index contributed by atoms with van der Waals surface area (Å²) < 4.78 is 0. The van der Waals surface area contributed by atoms with Crippen molar-refractivity contribution in [2.45, 2.75) is 58.5 Å². The zero-order valence-corrected chi connectivity index (χ0v) is 11.5. The molecule has 1 aromatic rings. The highest BCUT2D eigenvalue weighted by Gasteiger charge is 2.40. The van der Waals surface area contributed by atoms with Crippen LogP contribution in [0.1, 0.15) is 50.7 Å². The molecule has 0 spiro atoms. The van der Waals surface area contributed by atoms with Gasteiger partial charge >= 0.3 is 0 Å². The largest absolute Gasteiger partial charge is 0.302 e. The van der Waals surface area contributed by atoms with E-state index in [-0.39, 0.29) is 5.54 Å². The number of nitrogens with zero attached hydrogens (tertiary/aromatic N) is 1. The van der Waals surface area contributed by atoms with E-state index in [1.54, 1.807) is 11.3 Å². The molecule has 1 atom stereocenters. The fraction of sp³-hybridized carbons (Fsp3) is 0.769. The Bertz CT molecular complexity index is 355. The summed E-state index contributed by atoms with van der Waals surface area (Å²) in [7, 11) is 0. The molecule has 2 rings (SSSR count). The number of aromatic nitrogens is 1. The average Bonchev–Trinajstić information content (AvgIpc) is 2.95. The Morgan fingerprint density at radius 1 is 1.56 bits per heavy atom. The standard InChI is InChI=1S/C13H22N2S/c1-5-13(9(2)3,15-11-6-7-11)12-14-10(4)8-16-12/h8-9,11,15H,5-7H2,1-4H3. The topological polar surface area (TPSA) is 24.9 Å². The Kier molecular flexibility index (Phi) is 3.36. The van der Waals surface area contributed by atoms with Crippen molar-refractivity contribution < 1.29 is 0 Å². The number of aryl methyl sites for hydroxylation is 1. The normalized spacial score (nSPS) is 20.1. The van der Waals surface area contributed by atoms with E-state index < -0.39 is 0 Å². The van der Waals surface area contributed by atoms with Crippen LogP contribution in [0, 0.1) is 12.8 Å². The third-order valence-corrected chi connectivity index (χ3v) is 4.72. The van der Waals surface area contributed by atoms with E-state index in [1.807, 2.05) is 0 Å². The summed E-state index contributed by atoms with van der Waals surface area (Å²) in [5, 5.41) is 7.27. The minimum atomic E-state index is 0.0973. The minimum absolute atomic E-state index is 0.0973. The lowest BCUT2D eigenvalue weighted by Crippen LogP contribution is -2.47. The summed E-state index contributed by atoms with van der Waals surface area (Å²) in [4.78, 5) is 4.71. The molecule has 1 saturated carbocycles. The first-order chi connectivity index (χ1) is 7.58. The number of hydrogen-bond acceptors (Lipinski definition) is 3. The lowest BCUT2D eigenvalue weighted by atomic mass is 9.84. The first-order valence-corrected chi connectivity index (χ1v) is 7.16. The maximum atomic E-state index is 4.71. The first-order valence-electron chi connectivity index (χ1n) is 6.28. The van der Waals surface area contributed by atoms with Gasteiger partial charge in [0.2, 0.25) is 0 Å². The average molecular weight is 238 g/mol. The monoisotopic (exact) mass is 238 g/mol. The van der Waals surface area contributed by atoms with Gasteiger partial charge in [0.25, 0.3) is 0 Å². The van der Waals surface area contributed by atoms with Crippen LogP contribution < -0.4 is 5.32 Å². The van der Waals surface area contributed by atoms with Crippen molar-refractivity contribution >= 4 is 11.3 Å². The molecule has 0 aliphatic heterocycles. The lowest BCUT2D eigenvalue weighted by Gasteiger charge is -2.36. The molecular weight excluding hydrogens is 216 g/mol. The van der Waals surface area contributed by atoms with Gasteiger partial charge in [-0.2, -0.15) is 0 Å². The second-order valence-electron chi connectivity index (χ2n) is 5.19. The molecule has 16 heavy (non-hydrogen) atoms. The molecule has 1 N–H and O–H groups in total. The SMILES string of the molecule is CCC(NC1CC1)(c1nc(C)cs1)C(C)C. The molecule has 3 heteroatoms. The van der Waals surface area contributed by atoms with Crippen molar-refractivity contribution in [1.82, 2.24) is 10.3 Å². The zero-order valence-electron chi connectivity index (χ0n) is 10.7. The van der Waals surface area contributed by atoms with Gasteiger partial charge in [-0.3, -0.25) is 0 Å². The Labute approximate surface area is 102 Å². The molecule has 1 aromatic heterocycles. The number of rotatable bonds is 5. The van der Waals surface area contributed by atoms with Crippen molar-refractivity contribution in [3.63, 3.8) is 0 Å². The predicted octanol–water partition coefficient (Wildman–Crippen LogP) is 3.46. The zero-order chi connectivity index (χ0) is 11.8. The number of thiazole rings is 1. The summed E-state index contributed by atoms with van der Waals surface area (Å²) in [6, 6.07) is 0.728. The highest BCUT2D eigenvalue weighted by atomic mass is 32.1. The fourth-order valence-electron chi connectivity index (χ4n) is 2.29. The third-order valence-electron chi connectivity index (χ3n) is 3.58. The molecule has 1 aliphatic rings. The minimum Gasteiger partial charge on any atom is -0.302 e. The smallest absolute Gasteiger partial charge is 0.113 e. The van der Waals surface area contributed by atoms with Crippen LogP contribution in [-0.2, 0) is 5.54 Å². The summed E-state index contributed by atoms with van der Waals surface area (Å²) >= 11 is 1.81. The predicted molar refractivity (Wildman–Crippen MR) is 69.8 cm³/mol. The van der Waals surface area contributed by atoms with Crippen LogP contribution in [0.15, 0.2) is 5.38 Å². The Morgan fingerprint density at radius 3 is 2.62 bits per heavy atom. The van der Waals surface area contributed by atoms with E-state index >= 15 is 0 Å². The maximum Gasteiger partial charge on any atom is 0.113 e. The first kappa shape index (κ1) is 12.1. The molecule has 0 radical (unpaired) electrons. The molecule has 2 nitrogen and oxygen atoms in total. The van der Waals surface area contributed by atoms with Gasteiger partial charge in [0.15, 0.2) is 0 Å². The van der Waals surface area contributed by atoms with Gasteiger partial charge in [0.05, 0.1) is 5.54 Å². The molecule has 0 bridgehead atoms. The van der Waals surface area contributed by atoms with E-state index in [4.69, 9.17) is 4.98 Å². The number of hydrogen-bond donors (Lipinski definition) is 1. The highest BCUT2D eigenvalue weighted by Crippen LogP contribution is 2.38. The van der Waals surface area contributed by atoms with Gasteiger partial charge < -0.3 is 5.32 Å². The molecule has 0 saturated heterocycles. The summed E-state index contributed by atoms with van der Waals surface area (Å²) in [6.45, 7) is 8.95. The van der Waals surface area contributed by atoms with Gasteiger partial charge in [0.1, 0.15) is 5.01 Å². The molecule has 1 fully saturated rings.